The molecule has 1 rings (SSSR count). The van der Waals surface area contributed by atoms with E-state index in [1.165, 1.54) is 0 Å². The third kappa shape index (κ3) is 6.27. The molecular weight excluding hydrogens is 369 g/mol. The molecule has 0 spiro atoms. The third-order valence-corrected chi connectivity index (χ3v) is 3.96. The van der Waals surface area contributed by atoms with Crippen LogP contribution in [0.5, 0.6) is 5.75 Å². The lowest BCUT2D eigenvalue weighted by atomic mass is 10.3. The van der Waals surface area contributed by atoms with Crippen molar-refractivity contribution in [2.75, 3.05) is 33.5 Å². The van der Waals surface area contributed by atoms with Gasteiger partial charge in [-0.3, -0.25) is 0 Å². The smallest absolute Gasteiger partial charge is 0.241 e. The predicted molar refractivity (Wildman–Crippen MR) is 78.3 cm³/mol. The lowest BCUT2D eigenvalue weighted by molar-refractivity contribution is 0.0644. The Balaban J connectivity index is 2.52. The molecule has 0 aliphatic carbocycles. The number of rotatable bonds is 9. The van der Waals surface area contributed by atoms with Crippen molar-refractivity contribution in [3.8, 4) is 5.75 Å². The van der Waals surface area contributed by atoms with Crippen molar-refractivity contribution in [1.29, 1.82) is 0 Å². The van der Waals surface area contributed by atoms with Gasteiger partial charge in [0.05, 0.1) is 24.3 Å². The molecule has 9 heteroatoms. The molecule has 0 amide bonds. The minimum Gasteiger partial charge on any atom is -0.492 e. The molecule has 21 heavy (non-hydrogen) atoms. The maximum atomic E-state index is 13.6. The molecule has 0 aliphatic heterocycles. The van der Waals surface area contributed by atoms with E-state index in [1.807, 2.05) is 0 Å². The summed E-state index contributed by atoms with van der Waals surface area (Å²) in [5, 5.41) is 4.90. The molecule has 0 aliphatic rings. The number of hydrogen-bond donors (Lipinski definition) is 1. The third-order valence-electron chi connectivity index (χ3n) is 2.42. The van der Waals surface area contributed by atoms with Gasteiger partial charge in [0.25, 0.3) is 0 Å². The fraction of sp³-hybridized carbons (Fsp3) is 0.500. The Labute approximate surface area is 131 Å². The molecule has 0 bridgehead atoms. The van der Waals surface area contributed by atoms with E-state index in [-0.39, 0.29) is 5.75 Å². The predicted octanol–water partition coefficient (Wildman–Crippen LogP) is 1.67. The van der Waals surface area contributed by atoms with Gasteiger partial charge in [0.1, 0.15) is 16.5 Å². The van der Waals surface area contributed by atoms with Crippen LogP contribution in [0.1, 0.15) is 6.42 Å². The lowest BCUT2D eigenvalue weighted by Gasteiger charge is -2.10. The van der Waals surface area contributed by atoms with E-state index in [4.69, 9.17) is 19.3 Å². The highest BCUT2D eigenvalue weighted by atomic mass is 79.9. The molecule has 2 N–H and O–H groups in total. The molecule has 0 heterocycles. The zero-order valence-corrected chi connectivity index (χ0v) is 13.9. The van der Waals surface area contributed by atoms with Crippen LogP contribution in [0, 0.1) is 5.82 Å². The van der Waals surface area contributed by atoms with Crippen molar-refractivity contribution < 1.29 is 27.0 Å². The molecule has 0 saturated carbocycles. The molecule has 0 saturated heterocycles. The second-order valence-electron chi connectivity index (χ2n) is 4.07. The molecular formula is C12H17BrFNO5S. The van der Waals surface area contributed by atoms with Gasteiger partial charge in [-0.15, -0.1) is 0 Å². The number of hydrogen-bond acceptors (Lipinski definition) is 5. The van der Waals surface area contributed by atoms with Gasteiger partial charge in [0.2, 0.25) is 10.0 Å². The van der Waals surface area contributed by atoms with Gasteiger partial charge in [-0.25, -0.2) is 17.9 Å². The van der Waals surface area contributed by atoms with Crippen LogP contribution in [0.15, 0.2) is 21.5 Å². The minimum absolute atomic E-state index is 0.205. The maximum Gasteiger partial charge on any atom is 0.241 e. The first kappa shape index (κ1) is 18.3. The van der Waals surface area contributed by atoms with Crippen molar-refractivity contribution in [2.45, 2.75) is 11.3 Å². The molecule has 0 radical (unpaired) electrons. The molecule has 0 aromatic heterocycles. The van der Waals surface area contributed by atoms with Crippen molar-refractivity contribution in [3.63, 3.8) is 0 Å². The molecule has 0 fully saturated rings. The highest BCUT2D eigenvalue weighted by Crippen LogP contribution is 2.29. The summed E-state index contributed by atoms with van der Waals surface area (Å²) in [6.45, 7) is 1.81. The average Bonchev–Trinajstić information content (AvgIpc) is 2.39. The summed E-state index contributed by atoms with van der Waals surface area (Å²) in [6.07, 6.45) is 0.606. The molecule has 1 aromatic rings. The summed E-state index contributed by atoms with van der Waals surface area (Å²) in [4.78, 5) is -0.579. The van der Waals surface area contributed by atoms with Gasteiger partial charge in [-0.2, -0.15) is 0 Å². The zero-order valence-electron chi connectivity index (χ0n) is 11.5. The van der Waals surface area contributed by atoms with Crippen LogP contribution in [0.2, 0.25) is 0 Å². The van der Waals surface area contributed by atoms with E-state index in [0.29, 0.717) is 37.3 Å². The Kier molecular flexibility index (Phi) is 7.53. The van der Waals surface area contributed by atoms with Crippen molar-refractivity contribution in [3.05, 3.63) is 22.4 Å². The summed E-state index contributed by atoms with van der Waals surface area (Å²) in [7, 11) is -2.52. The quantitative estimate of drug-likeness (QED) is 0.653. The summed E-state index contributed by atoms with van der Waals surface area (Å²) in [5.74, 6) is -0.746. The zero-order chi connectivity index (χ0) is 15.9. The summed E-state index contributed by atoms with van der Waals surface area (Å²) >= 11 is 3.12. The first-order valence-corrected chi connectivity index (χ1v) is 8.41. The van der Waals surface area contributed by atoms with Gasteiger partial charge < -0.3 is 14.2 Å². The summed E-state index contributed by atoms with van der Waals surface area (Å²) < 4.78 is 51.7. The molecule has 0 atom stereocenters. The van der Waals surface area contributed by atoms with Crippen LogP contribution in [0.25, 0.3) is 0 Å². The first-order valence-electron chi connectivity index (χ1n) is 6.07. The van der Waals surface area contributed by atoms with E-state index in [9.17, 15) is 12.8 Å². The van der Waals surface area contributed by atoms with Crippen LogP contribution in [-0.2, 0) is 19.5 Å². The van der Waals surface area contributed by atoms with E-state index < -0.39 is 20.7 Å². The van der Waals surface area contributed by atoms with E-state index in [0.717, 1.165) is 12.1 Å². The Morgan fingerprint density at radius 3 is 2.57 bits per heavy atom. The standard InChI is InChI=1S/C12H17BrFNO5S/c1-18-5-6-19-3-2-4-20-11-8-10(14)12(7-9(11)13)21(15,16)17/h7-8H,2-6H2,1H3,(H2,15,16,17). The summed E-state index contributed by atoms with van der Waals surface area (Å²) in [6, 6.07) is 2.06. The van der Waals surface area contributed by atoms with E-state index >= 15 is 0 Å². The van der Waals surface area contributed by atoms with Crippen LogP contribution in [0.4, 0.5) is 4.39 Å². The van der Waals surface area contributed by atoms with Crippen LogP contribution >= 0.6 is 15.9 Å². The topological polar surface area (TPSA) is 87.8 Å². The average molecular weight is 386 g/mol. The first-order chi connectivity index (χ1) is 9.86. The second-order valence-corrected chi connectivity index (χ2v) is 6.45. The SMILES string of the molecule is COCCOCCCOc1cc(F)c(S(N)(=O)=O)cc1Br. The summed E-state index contributed by atoms with van der Waals surface area (Å²) in [5.41, 5.74) is 0. The number of halogens is 2. The van der Waals surface area contributed by atoms with Crippen molar-refractivity contribution in [2.24, 2.45) is 5.14 Å². The van der Waals surface area contributed by atoms with Gasteiger partial charge in [0.15, 0.2) is 0 Å². The normalized spacial score (nSPS) is 11.6. The Bertz CT molecular complexity index is 567. The highest BCUT2D eigenvalue weighted by Gasteiger charge is 2.17. The van der Waals surface area contributed by atoms with Gasteiger partial charge in [-0.05, 0) is 22.0 Å². The number of benzene rings is 1. The van der Waals surface area contributed by atoms with Crippen LogP contribution in [-0.4, -0.2) is 42.0 Å². The number of methoxy groups -OCH3 is 1. The van der Waals surface area contributed by atoms with E-state index in [2.05, 4.69) is 15.9 Å². The van der Waals surface area contributed by atoms with E-state index in [1.54, 1.807) is 7.11 Å². The van der Waals surface area contributed by atoms with Gasteiger partial charge in [-0.1, -0.05) is 0 Å². The minimum atomic E-state index is -4.10. The number of sulfonamides is 1. The Morgan fingerprint density at radius 1 is 1.24 bits per heavy atom. The van der Waals surface area contributed by atoms with Crippen molar-refractivity contribution >= 4 is 26.0 Å². The monoisotopic (exact) mass is 385 g/mol. The molecule has 0 unspecified atom stereocenters. The number of nitrogens with two attached hydrogens (primary N) is 1. The second kappa shape index (κ2) is 8.64. The lowest BCUT2D eigenvalue weighted by Crippen LogP contribution is -2.14. The van der Waals surface area contributed by atoms with Gasteiger partial charge >= 0.3 is 0 Å². The molecule has 1 aromatic carbocycles. The highest BCUT2D eigenvalue weighted by molar-refractivity contribution is 9.10. The van der Waals surface area contributed by atoms with Crippen molar-refractivity contribution in [1.82, 2.24) is 0 Å². The fourth-order valence-electron chi connectivity index (χ4n) is 1.43. The van der Waals surface area contributed by atoms with Crippen LogP contribution in [0.3, 0.4) is 0 Å². The van der Waals surface area contributed by atoms with Gasteiger partial charge in [0, 0.05) is 26.2 Å². The fourth-order valence-corrected chi connectivity index (χ4v) is 2.65. The molecule has 120 valence electrons. The Morgan fingerprint density at radius 2 is 1.95 bits per heavy atom. The number of primary sulfonamides is 1. The largest absolute Gasteiger partial charge is 0.492 e. The van der Waals surface area contributed by atoms with Crippen LogP contribution < -0.4 is 9.88 Å². The number of ether oxygens (including phenoxy) is 3. The molecule has 6 nitrogen and oxygen atoms in total. The Hall–Kier alpha value is -0.740. The maximum absolute atomic E-state index is 13.6.